The second kappa shape index (κ2) is 5.02. The Labute approximate surface area is 99.0 Å². The maximum atomic E-state index is 13.5. The van der Waals surface area contributed by atoms with Crippen molar-refractivity contribution in [2.45, 2.75) is 37.9 Å². The molecule has 1 aromatic carbocycles. The van der Waals surface area contributed by atoms with Gasteiger partial charge in [0.25, 0.3) is 0 Å². The van der Waals surface area contributed by atoms with Gasteiger partial charge in [-0.2, -0.15) is 0 Å². The van der Waals surface area contributed by atoms with Gasteiger partial charge in [0.05, 0.1) is 11.1 Å². The molecule has 88 valence electrons. The Balaban J connectivity index is 2.10. The van der Waals surface area contributed by atoms with Crippen LogP contribution >= 0.6 is 11.6 Å². The van der Waals surface area contributed by atoms with Gasteiger partial charge in [0, 0.05) is 0 Å². The van der Waals surface area contributed by atoms with Crippen LogP contribution in [0.15, 0.2) is 18.2 Å². The highest BCUT2D eigenvalue weighted by Crippen LogP contribution is 2.28. The summed E-state index contributed by atoms with van der Waals surface area (Å²) in [6, 6.07) is 4.64. The first kappa shape index (κ1) is 11.7. The van der Waals surface area contributed by atoms with Crippen LogP contribution in [0.5, 0.6) is 5.75 Å². The summed E-state index contributed by atoms with van der Waals surface area (Å²) >= 11 is 5.65. The molecule has 0 aromatic heterocycles. The van der Waals surface area contributed by atoms with E-state index < -0.39 is 11.9 Å². The number of ether oxygens (including phenoxy) is 1. The fraction of sp³-hybridized carbons (Fsp3) is 0.500. The minimum atomic E-state index is -0.554. The van der Waals surface area contributed by atoms with E-state index in [4.69, 9.17) is 16.3 Å². The first-order chi connectivity index (χ1) is 7.68. The van der Waals surface area contributed by atoms with Gasteiger partial charge in [-0.1, -0.05) is 24.1 Å². The zero-order chi connectivity index (χ0) is 11.5. The van der Waals surface area contributed by atoms with Crippen LogP contribution in [0.25, 0.3) is 0 Å². The summed E-state index contributed by atoms with van der Waals surface area (Å²) in [5.41, 5.74) is 0. The molecule has 1 aliphatic rings. The highest BCUT2D eigenvalue weighted by atomic mass is 35.5. The van der Waals surface area contributed by atoms with Gasteiger partial charge in [-0.25, -0.2) is 4.39 Å². The smallest absolute Gasteiger partial charge is 0.183 e. The average Bonchev–Trinajstić information content (AvgIpc) is 2.28. The number of aliphatic hydroxyl groups excluding tert-OH is 1. The van der Waals surface area contributed by atoms with Crippen LogP contribution in [0, 0.1) is 5.82 Å². The zero-order valence-electron chi connectivity index (χ0n) is 8.83. The van der Waals surface area contributed by atoms with E-state index in [1.54, 1.807) is 6.07 Å². The molecule has 4 heteroatoms. The number of hydrogen-bond donors (Lipinski definition) is 1. The molecule has 1 saturated carbocycles. The Bertz CT molecular complexity index is 370. The molecule has 1 N–H and O–H groups in total. The van der Waals surface area contributed by atoms with Gasteiger partial charge < -0.3 is 9.84 Å². The molecule has 0 radical (unpaired) electrons. The van der Waals surface area contributed by atoms with Crippen molar-refractivity contribution in [1.29, 1.82) is 0 Å². The monoisotopic (exact) mass is 244 g/mol. The molecule has 0 aliphatic heterocycles. The van der Waals surface area contributed by atoms with Gasteiger partial charge in [-0.3, -0.25) is 0 Å². The molecule has 2 unspecified atom stereocenters. The summed E-state index contributed by atoms with van der Waals surface area (Å²) in [7, 11) is 0. The number of benzene rings is 1. The molecule has 0 amide bonds. The Morgan fingerprint density at radius 1 is 1.31 bits per heavy atom. The normalized spacial score (nSPS) is 25.4. The van der Waals surface area contributed by atoms with Gasteiger partial charge in [0.1, 0.15) is 6.10 Å². The van der Waals surface area contributed by atoms with Crippen LogP contribution in [-0.2, 0) is 0 Å². The molecule has 1 aromatic rings. The van der Waals surface area contributed by atoms with E-state index in [9.17, 15) is 9.50 Å². The third-order valence-corrected chi connectivity index (χ3v) is 3.15. The van der Waals surface area contributed by atoms with Gasteiger partial charge >= 0.3 is 0 Å². The van der Waals surface area contributed by atoms with Gasteiger partial charge in [0.15, 0.2) is 11.6 Å². The fourth-order valence-electron chi connectivity index (χ4n) is 1.95. The minimum Gasteiger partial charge on any atom is -0.485 e. The van der Waals surface area contributed by atoms with E-state index in [0.29, 0.717) is 6.42 Å². The van der Waals surface area contributed by atoms with Crippen molar-refractivity contribution >= 4 is 11.6 Å². The van der Waals surface area contributed by atoms with Crippen LogP contribution in [0.3, 0.4) is 0 Å². The lowest BCUT2D eigenvalue weighted by molar-refractivity contribution is 0.00500. The van der Waals surface area contributed by atoms with E-state index in [0.717, 1.165) is 19.3 Å². The van der Waals surface area contributed by atoms with Crippen LogP contribution in [0.2, 0.25) is 5.02 Å². The molecule has 2 nitrogen and oxygen atoms in total. The molecule has 1 aliphatic carbocycles. The lowest BCUT2D eigenvalue weighted by Gasteiger charge is -2.28. The van der Waals surface area contributed by atoms with Crippen molar-refractivity contribution < 1.29 is 14.2 Å². The Hall–Kier alpha value is -0.800. The van der Waals surface area contributed by atoms with Crippen molar-refractivity contribution in [3.63, 3.8) is 0 Å². The quantitative estimate of drug-likeness (QED) is 0.866. The lowest BCUT2D eigenvalue weighted by Crippen LogP contribution is -2.34. The predicted octanol–water partition coefficient (Wildman–Crippen LogP) is 3.16. The molecule has 0 saturated heterocycles. The maximum absolute atomic E-state index is 13.5. The van der Waals surface area contributed by atoms with Crippen molar-refractivity contribution in [2.75, 3.05) is 0 Å². The van der Waals surface area contributed by atoms with E-state index in [-0.39, 0.29) is 16.9 Å². The summed E-state index contributed by atoms with van der Waals surface area (Å²) in [6.07, 6.45) is 2.65. The van der Waals surface area contributed by atoms with E-state index in [1.165, 1.54) is 12.1 Å². The maximum Gasteiger partial charge on any atom is 0.183 e. The van der Waals surface area contributed by atoms with Crippen LogP contribution in [0.1, 0.15) is 25.7 Å². The van der Waals surface area contributed by atoms with E-state index >= 15 is 0 Å². The summed E-state index contributed by atoms with van der Waals surface area (Å²) in [4.78, 5) is 0. The largest absolute Gasteiger partial charge is 0.485 e. The zero-order valence-corrected chi connectivity index (χ0v) is 9.58. The molecule has 2 rings (SSSR count). The SMILES string of the molecule is OC1CCCCC1Oc1cccc(Cl)c1F. The van der Waals surface area contributed by atoms with Crippen molar-refractivity contribution in [1.82, 2.24) is 0 Å². The van der Waals surface area contributed by atoms with E-state index in [1.807, 2.05) is 0 Å². The molecule has 0 spiro atoms. The third kappa shape index (κ3) is 2.47. The molecule has 16 heavy (non-hydrogen) atoms. The number of hydrogen-bond acceptors (Lipinski definition) is 2. The molecule has 0 heterocycles. The third-order valence-electron chi connectivity index (χ3n) is 2.86. The highest BCUT2D eigenvalue weighted by Gasteiger charge is 2.25. The Morgan fingerprint density at radius 2 is 2.06 bits per heavy atom. The van der Waals surface area contributed by atoms with Crippen LogP contribution < -0.4 is 4.74 Å². The van der Waals surface area contributed by atoms with Crippen LogP contribution in [-0.4, -0.2) is 17.3 Å². The Kier molecular flexibility index (Phi) is 3.66. The molecule has 1 fully saturated rings. The first-order valence-corrected chi connectivity index (χ1v) is 5.85. The summed E-state index contributed by atoms with van der Waals surface area (Å²) in [5.74, 6) is -0.430. The van der Waals surface area contributed by atoms with Crippen molar-refractivity contribution in [3.05, 3.63) is 29.0 Å². The molecule has 2 atom stereocenters. The highest BCUT2D eigenvalue weighted by molar-refractivity contribution is 6.30. The molecule has 0 bridgehead atoms. The Morgan fingerprint density at radius 3 is 2.81 bits per heavy atom. The standard InChI is InChI=1S/C12H14ClFO2/c13-8-4-3-7-11(12(8)14)16-10-6-2-1-5-9(10)15/h3-4,7,9-10,15H,1-2,5-6H2. The second-order valence-electron chi connectivity index (χ2n) is 4.06. The number of aliphatic hydroxyl groups is 1. The predicted molar refractivity (Wildman–Crippen MR) is 60.3 cm³/mol. The minimum absolute atomic E-state index is 0.0443. The fourth-order valence-corrected chi connectivity index (χ4v) is 2.12. The second-order valence-corrected chi connectivity index (χ2v) is 4.47. The van der Waals surface area contributed by atoms with Gasteiger partial charge in [-0.05, 0) is 31.4 Å². The molecular weight excluding hydrogens is 231 g/mol. The number of rotatable bonds is 2. The van der Waals surface area contributed by atoms with Crippen molar-refractivity contribution in [2.24, 2.45) is 0 Å². The summed E-state index contributed by atoms with van der Waals surface area (Å²) in [6.45, 7) is 0. The van der Waals surface area contributed by atoms with E-state index in [2.05, 4.69) is 0 Å². The topological polar surface area (TPSA) is 29.5 Å². The van der Waals surface area contributed by atoms with Crippen LogP contribution in [0.4, 0.5) is 4.39 Å². The summed E-state index contributed by atoms with van der Waals surface area (Å²) in [5, 5.41) is 9.75. The molecular formula is C12H14ClFO2. The van der Waals surface area contributed by atoms with Crippen molar-refractivity contribution in [3.8, 4) is 5.75 Å². The van der Waals surface area contributed by atoms with Gasteiger partial charge in [0.2, 0.25) is 0 Å². The summed E-state index contributed by atoms with van der Waals surface area (Å²) < 4.78 is 19.0. The average molecular weight is 245 g/mol. The lowest BCUT2D eigenvalue weighted by atomic mass is 9.95. The van der Waals surface area contributed by atoms with Gasteiger partial charge in [-0.15, -0.1) is 0 Å². The number of halogens is 2. The first-order valence-electron chi connectivity index (χ1n) is 5.47.